The zero-order valence-electron chi connectivity index (χ0n) is 7.87. The lowest BCUT2D eigenvalue weighted by Crippen LogP contribution is -2.16. The van der Waals surface area contributed by atoms with Gasteiger partial charge < -0.3 is 16.3 Å². The number of hydrogen-bond acceptors (Lipinski definition) is 3. The van der Waals surface area contributed by atoms with Gasteiger partial charge in [-0.05, 0) is 34.1 Å². The molecule has 0 aliphatic carbocycles. The second kappa shape index (κ2) is 5.82. The van der Waals surface area contributed by atoms with Gasteiger partial charge in [-0.25, -0.2) is 0 Å². The molecule has 0 saturated carbocycles. The lowest BCUT2D eigenvalue weighted by Gasteiger charge is -2.06. The minimum atomic E-state index is 0.200. The van der Waals surface area contributed by atoms with Crippen LogP contribution in [0.4, 0.5) is 5.69 Å². The minimum Gasteiger partial charge on any atom is -0.409 e. The van der Waals surface area contributed by atoms with Gasteiger partial charge in [0, 0.05) is 23.1 Å². The molecule has 1 rings (SSSR count). The first-order valence-electron chi connectivity index (χ1n) is 4.29. The van der Waals surface area contributed by atoms with Gasteiger partial charge in [-0.1, -0.05) is 16.8 Å². The predicted molar refractivity (Wildman–Crippen MR) is 65.7 cm³/mol. The Morgan fingerprint density at radius 1 is 1.60 bits per heavy atom. The minimum absolute atomic E-state index is 0.200. The van der Waals surface area contributed by atoms with Crippen LogP contribution in [0.25, 0.3) is 0 Å². The van der Waals surface area contributed by atoms with Crippen molar-refractivity contribution in [3.63, 3.8) is 0 Å². The maximum Gasteiger partial charge on any atom is 0.140 e. The van der Waals surface area contributed by atoms with Crippen molar-refractivity contribution < 1.29 is 5.21 Å². The topological polar surface area (TPSA) is 70.6 Å². The summed E-state index contributed by atoms with van der Waals surface area (Å²) in [6.07, 6.45) is 0.476. The molecule has 1 aromatic carbocycles. The third kappa shape index (κ3) is 3.97. The largest absolute Gasteiger partial charge is 0.409 e. The van der Waals surface area contributed by atoms with Gasteiger partial charge in [-0.15, -0.1) is 0 Å². The van der Waals surface area contributed by atoms with Gasteiger partial charge in [-0.3, -0.25) is 0 Å². The molecule has 0 atom stereocenters. The summed E-state index contributed by atoms with van der Waals surface area (Å²) in [5, 5.41) is 14.9. The maximum atomic E-state index is 8.32. The Morgan fingerprint density at radius 2 is 2.33 bits per heavy atom. The van der Waals surface area contributed by atoms with Crippen LogP contribution in [-0.2, 0) is 0 Å². The number of nitrogens with zero attached hydrogens (tertiary/aromatic N) is 1. The molecular formula is C9H11BrClN3O. The fourth-order valence-electron chi connectivity index (χ4n) is 0.991. The summed E-state index contributed by atoms with van der Waals surface area (Å²) in [4.78, 5) is 0. The van der Waals surface area contributed by atoms with Gasteiger partial charge in [0.2, 0.25) is 0 Å². The van der Waals surface area contributed by atoms with Crippen molar-refractivity contribution >= 4 is 39.1 Å². The van der Waals surface area contributed by atoms with Crippen molar-refractivity contribution in [2.24, 2.45) is 10.9 Å². The molecule has 0 saturated heterocycles. The van der Waals surface area contributed by atoms with E-state index >= 15 is 0 Å². The lowest BCUT2D eigenvalue weighted by atomic mass is 10.3. The second-order valence-electron chi connectivity index (χ2n) is 2.90. The van der Waals surface area contributed by atoms with Crippen LogP contribution in [0.2, 0.25) is 5.02 Å². The van der Waals surface area contributed by atoms with Crippen LogP contribution in [0.1, 0.15) is 6.42 Å². The Bertz CT molecular complexity index is 370. The number of oxime groups is 1. The van der Waals surface area contributed by atoms with Gasteiger partial charge in [-0.2, -0.15) is 0 Å². The molecule has 0 bridgehead atoms. The summed E-state index contributed by atoms with van der Waals surface area (Å²) in [5.41, 5.74) is 6.21. The van der Waals surface area contributed by atoms with E-state index in [4.69, 9.17) is 22.5 Å². The quantitative estimate of drug-likeness (QED) is 0.346. The van der Waals surface area contributed by atoms with Crippen LogP contribution >= 0.6 is 27.5 Å². The van der Waals surface area contributed by atoms with Gasteiger partial charge in [0.15, 0.2) is 0 Å². The van der Waals surface area contributed by atoms with E-state index in [0.29, 0.717) is 18.0 Å². The van der Waals surface area contributed by atoms with Crippen LogP contribution < -0.4 is 11.1 Å². The van der Waals surface area contributed by atoms with Crippen LogP contribution in [0.5, 0.6) is 0 Å². The number of anilines is 1. The molecule has 0 aliphatic rings. The molecule has 1 aromatic rings. The summed E-state index contributed by atoms with van der Waals surface area (Å²) in [6, 6.07) is 5.55. The fraction of sp³-hybridized carbons (Fsp3) is 0.222. The molecule has 0 heterocycles. The standard InChI is InChI=1S/C9H11BrClN3O/c10-7-2-1-6(5-8(7)11)13-4-3-9(12)14-15/h1-2,5,13,15H,3-4H2,(H2,12,14). The molecule has 82 valence electrons. The Kier molecular flexibility index (Phi) is 4.71. The number of rotatable bonds is 4. The molecule has 0 aromatic heterocycles. The van der Waals surface area contributed by atoms with Crippen LogP contribution in [-0.4, -0.2) is 17.6 Å². The summed E-state index contributed by atoms with van der Waals surface area (Å²) in [5.74, 6) is 0.200. The van der Waals surface area contributed by atoms with Crippen molar-refractivity contribution in [3.8, 4) is 0 Å². The van der Waals surface area contributed by atoms with E-state index in [0.717, 1.165) is 10.2 Å². The van der Waals surface area contributed by atoms with Crippen LogP contribution in [0.3, 0.4) is 0 Å². The third-order valence-electron chi connectivity index (χ3n) is 1.76. The first kappa shape index (κ1) is 12.1. The molecule has 0 spiro atoms. The van der Waals surface area contributed by atoms with Crippen LogP contribution in [0.15, 0.2) is 27.8 Å². The van der Waals surface area contributed by atoms with Gasteiger partial charge in [0.05, 0.1) is 5.02 Å². The lowest BCUT2D eigenvalue weighted by molar-refractivity contribution is 0.317. The van der Waals surface area contributed by atoms with Crippen LogP contribution in [0, 0.1) is 0 Å². The van der Waals surface area contributed by atoms with Crippen molar-refractivity contribution in [1.29, 1.82) is 0 Å². The van der Waals surface area contributed by atoms with Crippen molar-refractivity contribution in [3.05, 3.63) is 27.7 Å². The average Bonchev–Trinajstić information content (AvgIpc) is 2.23. The van der Waals surface area contributed by atoms with E-state index in [1.165, 1.54) is 0 Å². The zero-order chi connectivity index (χ0) is 11.3. The van der Waals surface area contributed by atoms with Crippen molar-refractivity contribution in [2.75, 3.05) is 11.9 Å². The summed E-state index contributed by atoms with van der Waals surface area (Å²) in [6.45, 7) is 0.591. The highest BCUT2D eigenvalue weighted by molar-refractivity contribution is 9.10. The van der Waals surface area contributed by atoms with Crippen molar-refractivity contribution in [1.82, 2.24) is 0 Å². The van der Waals surface area contributed by atoms with E-state index in [9.17, 15) is 0 Å². The van der Waals surface area contributed by atoms with Gasteiger partial charge >= 0.3 is 0 Å². The smallest absolute Gasteiger partial charge is 0.140 e. The molecule has 0 fully saturated rings. The molecule has 4 nitrogen and oxygen atoms in total. The van der Waals surface area contributed by atoms with Gasteiger partial charge in [0.1, 0.15) is 5.84 Å². The highest BCUT2D eigenvalue weighted by Crippen LogP contribution is 2.25. The van der Waals surface area contributed by atoms with Gasteiger partial charge in [0.25, 0.3) is 0 Å². The first-order chi connectivity index (χ1) is 7.13. The molecule has 6 heteroatoms. The van der Waals surface area contributed by atoms with E-state index in [1.807, 2.05) is 12.1 Å². The molecule has 0 radical (unpaired) electrons. The normalized spacial score (nSPS) is 11.5. The number of nitrogens with two attached hydrogens (primary N) is 1. The Balaban J connectivity index is 2.48. The summed E-state index contributed by atoms with van der Waals surface area (Å²) < 4.78 is 0.853. The second-order valence-corrected chi connectivity index (χ2v) is 4.16. The average molecular weight is 293 g/mol. The molecule has 0 amide bonds. The number of amidine groups is 1. The predicted octanol–water partition coefficient (Wildman–Crippen LogP) is 2.65. The molecular weight excluding hydrogens is 281 g/mol. The highest BCUT2D eigenvalue weighted by Gasteiger charge is 1.99. The number of nitrogens with one attached hydrogen (secondary N) is 1. The first-order valence-corrected chi connectivity index (χ1v) is 5.46. The third-order valence-corrected chi connectivity index (χ3v) is 2.99. The number of benzene rings is 1. The molecule has 4 N–H and O–H groups in total. The Hall–Kier alpha value is -0.940. The fourth-order valence-corrected chi connectivity index (χ4v) is 1.42. The molecule has 15 heavy (non-hydrogen) atoms. The Morgan fingerprint density at radius 3 is 2.93 bits per heavy atom. The summed E-state index contributed by atoms with van der Waals surface area (Å²) in [7, 11) is 0. The molecule has 0 unspecified atom stereocenters. The van der Waals surface area contributed by atoms with E-state index in [1.54, 1.807) is 6.07 Å². The number of halogens is 2. The Labute approximate surface area is 101 Å². The maximum absolute atomic E-state index is 8.32. The van der Waals surface area contributed by atoms with E-state index < -0.39 is 0 Å². The number of hydrogen-bond donors (Lipinski definition) is 3. The monoisotopic (exact) mass is 291 g/mol. The zero-order valence-corrected chi connectivity index (χ0v) is 10.2. The molecule has 0 aliphatic heterocycles. The SMILES string of the molecule is N/C(CCNc1ccc(Br)c(Cl)c1)=N/O. The summed E-state index contributed by atoms with van der Waals surface area (Å²) >= 11 is 9.21. The van der Waals surface area contributed by atoms with E-state index in [2.05, 4.69) is 26.4 Å². The van der Waals surface area contributed by atoms with Crippen molar-refractivity contribution in [2.45, 2.75) is 6.42 Å². The van der Waals surface area contributed by atoms with E-state index in [-0.39, 0.29) is 5.84 Å². The highest BCUT2D eigenvalue weighted by atomic mass is 79.9.